The number of aryl methyl sites for hydroxylation is 1. The molecule has 0 spiro atoms. The van der Waals surface area contributed by atoms with Gasteiger partial charge in [0.25, 0.3) is 0 Å². The molecule has 0 radical (unpaired) electrons. The number of rotatable bonds is 3. The number of nitrogens with one attached hydrogen (secondary N) is 2. The second kappa shape index (κ2) is 8.05. The van der Waals surface area contributed by atoms with Crippen molar-refractivity contribution in [2.75, 3.05) is 18.4 Å². The second-order valence-electron chi connectivity index (χ2n) is 8.95. The van der Waals surface area contributed by atoms with Gasteiger partial charge in [-0.15, -0.1) is 0 Å². The topological polar surface area (TPSA) is 107 Å². The number of hydrogen-bond donors (Lipinski definition) is 3. The van der Waals surface area contributed by atoms with Crippen LogP contribution in [-0.4, -0.2) is 55.9 Å². The van der Waals surface area contributed by atoms with Gasteiger partial charge >= 0.3 is 11.7 Å². The standard InChI is InChI=1S/C22H28N6O3/c1-14-11-24-20(25-15-7-5-9-27(13-15)21(29)31-22(2,3)4)26-18(14)17-12-23-19-16(17)8-6-10-28(19)30/h6,8,10-12,15,30H,5,7,9,13H2,1-4H3,(H,24,25,26)/p+1/t15-/m0/s1. The zero-order chi connectivity index (χ0) is 22.2. The molecule has 164 valence electrons. The molecule has 1 atom stereocenters. The Balaban J connectivity index is 1.53. The fourth-order valence-electron chi connectivity index (χ4n) is 3.83. The van der Waals surface area contributed by atoms with Crippen LogP contribution in [0.3, 0.4) is 0 Å². The first-order valence-corrected chi connectivity index (χ1v) is 10.5. The van der Waals surface area contributed by atoms with E-state index < -0.39 is 5.60 Å². The SMILES string of the molecule is Cc1cnc(N[C@H]2CCCN(C(=O)OC(C)(C)C)C2)nc1-c1c[nH]c2c1ccc[n+]2O. The quantitative estimate of drug-likeness (QED) is 0.439. The van der Waals surface area contributed by atoms with Crippen molar-refractivity contribution in [1.82, 2.24) is 19.9 Å². The van der Waals surface area contributed by atoms with E-state index in [0.717, 1.165) is 39.8 Å². The normalized spacial score (nSPS) is 17.0. The van der Waals surface area contributed by atoms with E-state index in [1.807, 2.05) is 40.0 Å². The summed E-state index contributed by atoms with van der Waals surface area (Å²) in [6, 6.07) is 3.75. The molecule has 3 aromatic heterocycles. The lowest BCUT2D eigenvalue weighted by atomic mass is 10.1. The molecule has 1 amide bonds. The number of hydrogen-bond acceptors (Lipinski definition) is 6. The molecule has 31 heavy (non-hydrogen) atoms. The number of likely N-dealkylation sites (tertiary alicyclic amines) is 1. The van der Waals surface area contributed by atoms with E-state index in [0.29, 0.717) is 24.7 Å². The number of H-pyrrole nitrogens is 1. The number of fused-ring (bicyclic) bond motifs is 1. The van der Waals surface area contributed by atoms with Gasteiger partial charge < -0.3 is 20.2 Å². The van der Waals surface area contributed by atoms with E-state index in [1.165, 1.54) is 0 Å². The molecule has 0 unspecified atom stereocenters. The minimum absolute atomic E-state index is 0.0411. The molecule has 3 N–H and O–H groups in total. The van der Waals surface area contributed by atoms with Crippen molar-refractivity contribution in [3.8, 4) is 11.3 Å². The van der Waals surface area contributed by atoms with Crippen molar-refractivity contribution in [2.24, 2.45) is 0 Å². The first-order valence-electron chi connectivity index (χ1n) is 10.5. The van der Waals surface area contributed by atoms with Crippen molar-refractivity contribution in [2.45, 2.75) is 52.2 Å². The molecule has 4 heterocycles. The first-order chi connectivity index (χ1) is 14.7. The van der Waals surface area contributed by atoms with Crippen molar-refractivity contribution >= 4 is 23.1 Å². The number of carbonyl (C=O) groups excluding carboxylic acids is 1. The first kappa shape index (κ1) is 20.9. The molecule has 3 aromatic rings. The van der Waals surface area contributed by atoms with Gasteiger partial charge in [-0.25, -0.2) is 19.7 Å². The van der Waals surface area contributed by atoms with E-state index in [9.17, 15) is 10.0 Å². The lowest BCUT2D eigenvalue weighted by molar-refractivity contribution is -0.885. The van der Waals surface area contributed by atoms with Crippen LogP contribution in [0.5, 0.6) is 0 Å². The molecular formula is C22H29N6O3+. The molecule has 0 saturated carbocycles. The van der Waals surface area contributed by atoms with E-state index in [1.54, 1.807) is 23.4 Å². The Labute approximate surface area is 181 Å². The number of ether oxygens (including phenoxy) is 1. The zero-order valence-corrected chi connectivity index (χ0v) is 18.3. The lowest BCUT2D eigenvalue weighted by Gasteiger charge is -2.34. The predicted molar refractivity (Wildman–Crippen MR) is 116 cm³/mol. The molecule has 1 aliphatic heterocycles. The Morgan fingerprint density at radius 3 is 3.00 bits per heavy atom. The maximum Gasteiger partial charge on any atom is 0.410 e. The molecule has 0 aliphatic carbocycles. The smallest absolute Gasteiger partial charge is 0.410 e. The molecule has 1 aliphatic rings. The average Bonchev–Trinajstić information content (AvgIpc) is 3.14. The van der Waals surface area contributed by atoms with Crippen molar-refractivity contribution in [3.05, 3.63) is 36.3 Å². The van der Waals surface area contributed by atoms with Crippen LogP contribution in [0, 0.1) is 6.92 Å². The Hall–Kier alpha value is -3.36. The number of nitrogens with zero attached hydrogens (tertiary/aromatic N) is 4. The Morgan fingerprint density at radius 1 is 1.42 bits per heavy atom. The number of aromatic amines is 1. The minimum Gasteiger partial charge on any atom is -0.444 e. The largest absolute Gasteiger partial charge is 0.444 e. The van der Waals surface area contributed by atoms with Gasteiger partial charge in [-0.3, -0.25) is 0 Å². The molecule has 1 saturated heterocycles. The third kappa shape index (κ3) is 4.55. The van der Waals surface area contributed by atoms with Crippen LogP contribution >= 0.6 is 0 Å². The van der Waals surface area contributed by atoms with Crippen molar-refractivity contribution in [3.63, 3.8) is 0 Å². The zero-order valence-electron chi connectivity index (χ0n) is 18.3. The average molecular weight is 426 g/mol. The Morgan fingerprint density at radius 2 is 2.23 bits per heavy atom. The summed E-state index contributed by atoms with van der Waals surface area (Å²) in [7, 11) is 0. The molecule has 9 nitrogen and oxygen atoms in total. The highest BCUT2D eigenvalue weighted by Gasteiger charge is 2.28. The summed E-state index contributed by atoms with van der Waals surface area (Å²) in [6.45, 7) is 8.79. The molecule has 9 heteroatoms. The maximum absolute atomic E-state index is 12.4. The fourth-order valence-corrected chi connectivity index (χ4v) is 3.83. The van der Waals surface area contributed by atoms with Gasteiger partial charge in [-0.05, 0) is 58.2 Å². The van der Waals surface area contributed by atoms with E-state index >= 15 is 0 Å². The third-order valence-corrected chi connectivity index (χ3v) is 5.25. The van der Waals surface area contributed by atoms with E-state index in [2.05, 4.69) is 15.3 Å². The molecule has 4 rings (SSSR count). The van der Waals surface area contributed by atoms with Gasteiger partial charge in [0.1, 0.15) is 11.8 Å². The summed E-state index contributed by atoms with van der Waals surface area (Å²) >= 11 is 0. The molecular weight excluding hydrogens is 396 g/mol. The van der Waals surface area contributed by atoms with Gasteiger partial charge in [0.15, 0.2) is 0 Å². The van der Waals surface area contributed by atoms with Gasteiger partial charge in [0.2, 0.25) is 5.95 Å². The van der Waals surface area contributed by atoms with E-state index in [4.69, 9.17) is 9.72 Å². The number of carbonyl (C=O) groups is 1. The summed E-state index contributed by atoms with van der Waals surface area (Å²) in [5.41, 5.74) is 2.69. The summed E-state index contributed by atoms with van der Waals surface area (Å²) < 4.78 is 6.57. The Bertz CT molecular complexity index is 1100. The number of aromatic nitrogens is 4. The van der Waals surface area contributed by atoms with Crippen LogP contribution in [0.1, 0.15) is 39.2 Å². The van der Waals surface area contributed by atoms with Gasteiger partial charge in [-0.1, -0.05) is 4.73 Å². The van der Waals surface area contributed by atoms with Crippen LogP contribution in [0.15, 0.2) is 30.7 Å². The number of amides is 1. The fraction of sp³-hybridized carbons (Fsp3) is 0.455. The maximum atomic E-state index is 12.4. The van der Waals surface area contributed by atoms with Crippen LogP contribution < -0.4 is 10.0 Å². The van der Waals surface area contributed by atoms with Crippen LogP contribution in [0.4, 0.5) is 10.7 Å². The summed E-state index contributed by atoms with van der Waals surface area (Å²) in [4.78, 5) is 26.5. The highest BCUT2D eigenvalue weighted by atomic mass is 16.6. The highest BCUT2D eigenvalue weighted by Crippen LogP contribution is 2.28. The number of piperidine rings is 1. The monoisotopic (exact) mass is 425 g/mol. The second-order valence-corrected chi connectivity index (χ2v) is 8.95. The molecule has 1 fully saturated rings. The molecule has 0 aromatic carbocycles. The van der Waals surface area contributed by atoms with Gasteiger partial charge in [-0.2, -0.15) is 0 Å². The van der Waals surface area contributed by atoms with Crippen LogP contribution in [0.25, 0.3) is 22.3 Å². The van der Waals surface area contributed by atoms with Gasteiger partial charge in [0.05, 0.1) is 22.8 Å². The highest BCUT2D eigenvalue weighted by molar-refractivity contribution is 5.91. The number of pyridine rings is 1. The lowest BCUT2D eigenvalue weighted by Crippen LogP contribution is -2.47. The van der Waals surface area contributed by atoms with Crippen LogP contribution in [-0.2, 0) is 4.74 Å². The molecule has 0 bridgehead atoms. The van der Waals surface area contributed by atoms with Crippen molar-refractivity contribution in [1.29, 1.82) is 0 Å². The van der Waals surface area contributed by atoms with E-state index in [-0.39, 0.29) is 12.1 Å². The van der Waals surface area contributed by atoms with Gasteiger partial charge in [0, 0.05) is 25.3 Å². The third-order valence-electron chi connectivity index (χ3n) is 5.25. The number of anilines is 1. The predicted octanol–water partition coefficient (Wildman–Crippen LogP) is 3.27. The minimum atomic E-state index is -0.515. The summed E-state index contributed by atoms with van der Waals surface area (Å²) in [6.07, 6.45) is 6.70. The van der Waals surface area contributed by atoms with Crippen LogP contribution in [0.2, 0.25) is 0 Å². The summed E-state index contributed by atoms with van der Waals surface area (Å²) in [5.74, 6) is 0.513. The van der Waals surface area contributed by atoms with Crippen molar-refractivity contribution < 1.29 is 19.5 Å². The summed E-state index contributed by atoms with van der Waals surface area (Å²) in [5, 5.41) is 14.3. The Kier molecular flexibility index (Phi) is 5.43.